The molecule has 2 rings (SSSR count). The lowest BCUT2D eigenvalue weighted by Crippen LogP contribution is -2.43. The van der Waals surface area contributed by atoms with E-state index in [1.807, 2.05) is 0 Å². The van der Waals surface area contributed by atoms with Crippen LogP contribution in [0.1, 0.15) is 59.8 Å². The number of hydrogen-bond acceptors (Lipinski definition) is 8. The molecule has 12 nitrogen and oxygen atoms in total. The van der Waals surface area contributed by atoms with Gasteiger partial charge in [-0.1, -0.05) is 6.92 Å². The van der Waals surface area contributed by atoms with Crippen molar-refractivity contribution in [3.63, 3.8) is 0 Å². The lowest BCUT2D eigenvalue weighted by Gasteiger charge is -2.33. The molecule has 1 aromatic carbocycles. The number of amides is 3. The average molecular weight is 585 g/mol. The van der Waals surface area contributed by atoms with E-state index in [-0.39, 0.29) is 48.6 Å². The third-order valence-corrected chi connectivity index (χ3v) is 8.62. The van der Waals surface area contributed by atoms with Gasteiger partial charge in [0.1, 0.15) is 11.4 Å². The number of alkyl carbamates (subject to hydrolysis) is 1. The first-order valence-corrected chi connectivity index (χ1v) is 15.0. The topological polar surface area (TPSA) is 155 Å². The zero-order valence-electron chi connectivity index (χ0n) is 24.1. The van der Waals surface area contributed by atoms with Crippen molar-refractivity contribution in [1.29, 1.82) is 0 Å². The summed E-state index contributed by atoms with van der Waals surface area (Å²) in [5.41, 5.74) is 1.02. The summed E-state index contributed by atoms with van der Waals surface area (Å²) in [7, 11) is -2.42. The largest absolute Gasteiger partial charge is 0.497 e. The molecule has 1 aliphatic heterocycles. The van der Waals surface area contributed by atoms with Gasteiger partial charge in [0.05, 0.1) is 12.0 Å². The van der Waals surface area contributed by atoms with Gasteiger partial charge in [-0.2, -0.15) is 4.31 Å². The summed E-state index contributed by atoms with van der Waals surface area (Å²) in [5, 5.41) is 11.6. The van der Waals surface area contributed by atoms with Crippen LogP contribution in [0.4, 0.5) is 4.79 Å². The fourth-order valence-electron chi connectivity index (χ4n) is 4.38. The molecule has 1 aromatic rings. The molecule has 13 heteroatoms. The Bertz CT molecular complexity index is 1080. The van der Waals surface area contributed by atoms with Crippen LogP contribution in [0.2, 0.25) is 0 Å². The SMILES string of the molecule is COc1ccc(S(=O)(=O)N(CCC(=O)N2CCC(CNC(=O)OC(C)(C)C)CC2)CCC(C)CC(=O)NO)cc1. The highest BCUT2D eigenvalue weighted by Crippen LogP contribution is 2.22. The molecular formula is C27H44N4O8S. The van der Waals surface area contributed by atoms with Gasteiger partial charge in [0.25, 0.3) is 0 Å². The highest BCUT2D eigenvalue weighted by atomic mass is 32.2. The molecule has 1 saturated heterocycles. The van der Waals surface area contributed by atoms with Gasteiger partial charge in [-0.25, -0.2) is 18.7 Å². The molecular weight excluding hydrogens is 540 g/mol. The van der Waals surface area contributed by atoms with Gasteiger partial charge >= 0.3 is 6.09 Å². The Morgan fingerprint density at radius 3 is 2.30 bits per heavy atom. The minimum atomic E-state index is -3.91. The number of nitrogens with one attached hydrogen (secondary N) is 2. The smallest absolute Gasteiger partial charge is 0.407 e. The molecule has 0 spiro atoms. The predicted octanol–water partition coefficient (Wildman–Crippen LogP) is 2.76. The zero-order chi connectivity index (χ0) is 29.9. The summed E-state index contributed by atoms with van der Waals surface area (Å²) in [6.45, 7) is 8.82. The van der Waals surface area contributed by atoms with E-state index in [2.05, 4.69) is 5.32 Å². The van der Waals surface area contributed by atoms with Crippen LogP contribution in [0.15, 0.2) is 29.2 Å². The van der Waals surface area contributed by atoms with Crippen molar-refractivity contribution >= 4 is 27.9 Å². The van der Waals surface area contributed by atoms with Crippen LogP contribution in [0, 0.1) is 11.8 Å². The van der Waals surface area contributed by atoms with Gasteiger partial charge in [-0.3, -0.25) is 14.8 Å². The maximum Gasteiger partial charge on any atom is 0.407 e. The first kappa shape index (κ1) is 33.3. The number of nitrogens with zero attached hydrogens (tertiary/aromatic N) is 2. The van der Waals surface area contributed by atoms with E-state index in [1.165, 1.54) is 23.5 Å². The summed E-state index contributed by atoms with van der Waals surface area (Å²) in [6, 6.07) is 6.04. The number of piperidine rings is 1. The van der Waals surface area contributed by atoms with E-state index >= 15 is 0 Å². The second-order valence-electron chi connectivity index (χ2n) is 11.2. The summed E-state index contributed by atoms with van der Waals surface area (Å²) in [4.78, 5) is 38.3. The van der Waals surface area contributed by atoms with Crippen LogP contribution >= 0.6 is 0 Å². The minimum absolute atomic E-state index is 0.00770. The van der Waals surface area contributed by atoms with Gasteiger partial charge in [0.15, 0.2) is 0 Å². The van der Waals surface area contributed by atoms with E-state index in [0.29, 0.717) is 31.8 Å². The van der Waals surface area contributed by atoms with Gasteiger partial charge in [0.2, 0.25) is 21.8 Å². The fraction of sp³-hybridized carbons (Fsp3) is 0.667. The van der Waals surface area contributed by atoms with Crippen molar-refractivity contribution in [3.8, 4) is 5.75 Å². The van der Waals surface area contributed by atoms with E-state index in [1.54, 1.807) is 50.2 Å². The van der Waals surface area contributed by atoms with Crippen molar-refractivity contribution in [3.05, 3.63) is 24.3 Å². The average Bonchev–Trinajstić information content (AvgIpc) is 2.90. The number of hydroxylamine groups is 1. The van der Waals surface area contributed by atoms with E-state index in [4.69, 9.17) is 14.7 Å². The molecule has 3 amide bonds. The third-order valence-electron chi connectivity index (χ3n) is 6.70. The lowest BCUT2D eigenvalue weighted by molar-refractivity contribution is -0.132. The minimum Gasteiger partial charge on any atom is -0.497 e. The van der Waals surface area contributed by atoms with Crippen LogP contribution in [-0.4, -0.2) is 86.2 Å². The number of methoxy groups -OCH3 is 1. The van der Waals surface area contributed by atoms with Crippen LogP contribution < -0.4 is 15.5 Å². The normalized spacial score (nSPS) is 15.4. The Hall–Kier alpha value is -2.90. The third kappa shape index (κ3) is 10.9. The Balaban J connectivity index is 1.97. The first-order valence-electron chi connectivity index (χ1n) is 13.6. The van der Waals surface area contributed by atoms with Crippen molar-refractivity contribution in [2.75, 3.05) is 39.8 Å². The quantitative estimate of drug-likeness (QED) is 0.236. The maximum atomic E-state index is 13.5. The molecule has 226 valence electrons. The second kappa shape index (κ2) is 15.2. The molecule has 1 fully saturated rings. The highest BCUT2D eigenvalue weighted by Gasteiger charge is 2.28. The Morgan fingerprint density at radius 1 is 1.12 bits per heavy atom. The molecule has 3 N–H and O–H groups in total. The van der Waals surface area contributed by atoms with Crippen LogP contribution in [0.3, 0.4) is 0 Å². The van der Waals surface area contributed by atoms with Gasteiger partial charge < -0.3 is 19.7 Å². The zero-order valence-corrected chi connectivity index (χ0v) is 25.0. The summed E-state index contributed by atoms with van der Waals surface area (Å²) < 4.78 is 38.6. The number of likely N-dealkylation sites (tertiary alicyclic amines) is 1. The van der Waals surface area contributed by atoms with Crippen molar-refractivity contribution in [2.45, 2.75) is 70.3 Å². The molecule has 40 heavy (non-hydrogen) atoms. The molecule has 1 heterocycles. The number of sulfonamides is 1. The molecule has 1 aliphatic rings. The monoisotopic (exact) mass is 584 g/mol. The first-order chi connectivity index (χ1) is 18.7. The Kier molecular flexibility index (Phi) is 12.7. The molecule has 1 unspecified atom stereocenters. The fourth-order valence-corrected chi connectivity index (χ4v) is 5.84. The van der Waals surface area contributed by atoms with Crippen molar-refractivity contribution in [1.82, 2.24) is 20.0 Å². The van der Waals surface area contributed by atoms with Crippen LogP contribution in [0.5, 0.6) is 5.75 Å². The number of rotatable bonds is 13. The number of benzene rings is 1. The van der Waals surface area contributed by atoms with E-state index in [9.17, 15) is 22.8 Å². The van der Waals surface area contributed by atoms with Crippen molar-refractivity contribution in [2.24, 2.45) is 11.8 Å². The predicted molar refractivity (Wildman–Crippen MR) is 148 cm³/mol. The van der Waals surface area contributed by atoms with Crippen LogP contribution in [-0.2, 0) is 24.3 Å². The standard InChI is InChI=1S/C27H44N4O8S/c1-20(18-24(32)29-35)10-16-31(40(36,37)23-8-6-22(38-5)7-9-23)17-13-25(33)30-14-11-21(12-15-30)19-28-26(34)39-27(2,3)4/h6-9,20-21,35H,10-19H2,1-5H3,(H,28,34)(H,29,32). The number of ether oxygens (including phenoxy) is 2. The molecule has 0 aromatic heterocycles. The number of carbonyl (C=O) groups excluding carboxylic acids is 3. The second-order valence-corrected chi connectivity index (χ2v) is 13.1. The Morgan fingerprint density at radius 2 is 1.75 bits per heavy atom. The molecule has 0 bridgehead atoms. The van der Waals surface area contributed by atoms with Gasteiger partial charge in [-0.05, 0) is 76.1 Å². The molecule has 0 radical (unpaired) electrons. The lowest BCUT2D eigenvalue weighted by atomic mass is 9.96. The van der Waals surface area contributed by atoms with Gasteiger partial charge in [-0.15, -0.1) is 0 Å². The molecule has 0 saturated carbocycles. The van der Waals surface area contributed by atoms with E-state index in [0.717, 1.165) is 12.8 Å². The number of carbonyl (C=O) groups is 3. The maximum absolute atomic E-state index is 13.5. The van der Waals surface area contributed by atoms with Gasteiger partial charge in [0, 0.05) is 45.6 Å². The molecule has 0 aliphatic carbocycles. The Labute approximate surface area is 237 Å². The van der Waals surface area contributed by atoms with E-state index < -0.39 is 27.6 Å². The summed E-state index contributed by atoms with van der Waals surface area (Å²) >= 11 is 0. The summed E-state index contributed by atoms with van der Waals surface area (Å²) in [5.74, 6) is -0.127. The summed E-state index contributed by atoms with van der Waals surface area (Å²) in [6.07, 6.45) is 1.41. The highest BCUT2D eigenvalue weighted by molar-refractivity contribution is 7.89. The molecule has 1 atom stereocenters. The van der Waals surface area contributed by atoms with Crippen LogP contribution in [0.25, 0.3) is 0 Å². The number of hydrogen-bond donors (Lipinski definition) is 3. The van der Waals surface area contributed by atoms with Crippen molar-refractivity contribution < 1.29 is 37.5 Å².